The minimum absolute atomic E-state index is 0.236. The van der Waals surface area contributed by atoms with Gasteiger partial charge in [0.05, 0.1) is 0 Å². The van der Waals surface area contributed by atoms with E-state index in [0.29, 0.717) is 5.92 Å². The molecule has 2 aromatic rings. The highest BCUT2D eigenvalue weighted by atomic mass is 16.6. The predicted molar refractivity (Wildman–Crippen MR) is 180 cm³/mol. The van der Waals surface area contributed by atoms with Gasteiger partial charge >= 0.3 is 17.9 Å². The normalized spacial score (nSPS) is 12.9. The van der Waals surface area contributed by atoms with Gasteiger partial charge in [-0.3, -0.25) is 4.79 Å². The first-order valence-electron chi connectivity index (χ1n) is 16.2. The fourth-order valence-electron chi connectivity index (χ4n) is 4.49. The van der Waals surface area contributed by atoms with Crippen LogP contribution in [0.25, 0.3) is 6.08 Å². The molecule has 244 valence electrons. The zero-order valence-corrected chi connectivity index (χ0v) is 28.6. The van der Waals surface area contributed by atoms with Crippen molar-refractivity contribution in [2.24, 2.45) is 11.8 Å². The van der Waals surface area contributed by atoms with E-state index in [4.69, 9.17) is 14.2 Å². The van der Waals surface area contributed by atoms with E-state index in [2.05, 4.69) is 27.7 Å². The van der Waals surface area contributed by atoms with Gasteiger partial charge in [-0.25, -0.2) is 9.59 Å². The first-order chi connectivity index (χ1) is 20.7. The molecule has 0 amide bonds. The molecule has 0 aliphatic carbocycles. The maximum atomic E-state index is 12.5. The molecule has 0 aliphatic rings. The monoisotopic (exact) mass is 608 g/mol. The zero-order chi connectivity index (χ0) is 33.2. The molecule has 2 unspecified atom stereocenters. The molecule has 0 N–H and O–H groups in total. The SMILES string of the molecule is CCCCCC(C)C(C)(C)OC(=O)/C=C/c1ccccc1.CCCCCC(C)C(C)(C)OC(=O)c1ccccc1OC(C)=O. The molecular weight excluding hydrogens is 552 g/mol. The highest BCUT2D eigenvalue weighted by Crippen LogP contribution is 2.29. The van der Waals surface area contributed by atoms with Crippen LogP contribution in [-0.4, -0.2) is 29.1 Å². The molecule has 0 fully saturated rings. The van der Waals surface area contributed by atoms with E-state index < -0.39 is 23.1 Å². The molecule has 6 heteroatoms. The van der Waals surface area contributed by atoms with E-state index >= 15 is 0 Å². The molecular formula is C38H56O6. The van der Waals surface area contributed by atoms with Crippen LogP contribution in [0.4, 0.5) is 0 Å². The summed E-state index contributed by atoms with van der Waals surface area (Å²) < 4.78 is 16.4. The van der Waals surface area contributed by atoms with Crippen molar-refractivity contribution in [1.82, 2.24) is 0 Å². The molecule has 2 atom stereocenters. The Morgan fingerprint density at radius 2 is 1.23 bits per heavy atom. The van der Waals surface area contributed by atoms with Crippen LogP contribution in [0.5, 0.6) is 5.75 Å². The summed E-state index contributed by atoms with van der Waals surface area (Å²) >= 11 is 0. The van der Waals surface area contributed by atoms with Crippen molar-refractivity contribution >= 4 is 24.0 Å². The minimum atomic E-state index is -0.575. The molecule has 0 aliphatic heterocycles. The average molecular weight is 609 g/mol. The molecule has 0 radical (unpaired) electrons. The second-order valence-electron chi connectivity index (χ2n) is 12.6. The topological polar surface area (TPSA) is 78.9 Å². The van der Waals surface area contributed by atoms with Gasteiger partial charge in [-0.2, -0.15) is 0 Å². The van der Waals surface area contributed by atoms with Crippen LogP contribution in [0.2, 0.25) is 0 Å². The second kappa shape index (κ2) is 19.8. The summed E-state index contributed by atoms with van der Waals surface area (Å²) in [4.78, 5) is 35.6. The molecule has 0 spiro atoms. The van der Waals surface area contributed by atoms with E-state index in [1.165, 1.54) is 45.1 Å². The number of unbranched alkanes of at least 4 members (excludes halogenated alkanes) is 4. The first-order valence-corrected chi connectivity index (χ1v) is 16.2. The number of rotatable bonds is 16. The van der Waals surface area contributed by atoms with Crippen LogP contribution in [0, 0.1) is 11.8 Å². The van der Waals surface area contributed by atoms with E-state index in [0.717, 1.165) is 24.8 Å². The third kappa shape index (κ3) is 14.9. The summed E-state index contributed by atoms with van der Waals surface area (Å²) in [6.45, 7) is 17.8. The smallest absolute Gasteiger partial charge is 0.342 e. The van der Waals surface area contributed by atoms with Crippen molar-refractivity contribution in [3.8, 4) is 5.75 Å². The average Bonchev–Trinajstić information content (AvgIpc) is 2.96. The fraction of sp³-hybridized carbons (Fsp3) is 0.553. The Bertz CT molecular complexity index is 1160. The first kappa shape index (κ1) is 38.6. The summed E-state index contributed by atoms with van der Waals surface area (Å²) in [6, 6.07) is 16.4. The summed E-state index contributed by atoms with van der Waals surface area (Å²) in [5.74, 6) is -0.353. The van der Waals surface area contributed by atoms with Crippen LogP contribution < -0.4 is 4.74 Å². The number of ether oxygens (including phenoxy) is 3. The number of para-hydroxylation sites is 1. The van der Waals surface area contributed by atoms with Gasteiger partial charge in [-0.05, 0) is 76.1 Å². The Balaban J connectivity index is 0.000000442. The quantitative estimate of drug-likeness (QED) is 0.0817. The molecule has 0 aromatic heterocycles. The van der Waals surface area contributed by atoms with Crippen LogP contribution >= 0.6 is 0 Å². The fourth-order valence-corrected chi connectivity index (χ4v) is 4.49. The highest BCUT2D eigenvalue weighted by Gasteiger charge is 2.31. The Morgan fingerprint density at radius 1 is 0.727 bits per heavy atom. The number of carbonyl (C=O) groups is 3. The predicted octanol–water partition coefficient (Wildman–Crippen LogP) is 10.0. The third-order valence-electron chi connectivity index (χ3n) is 8.15. The molecule has 6 nitrogen and oxygen atoms in total. The van der Waals surface area contributed by atoms with Gasteiger partial charge in [0.25, 0.3) is 0 Å². The lowest BCUT2D eigenvalue weighted by molar-refractivity contribution is -0.155. The van der Waals surface area contributed by atoms with Crippen LogP contribution in [0.15, 0.2) is 60.7 Å². The van der Waals surface area contributed by atoms with E-state index in [9.17, 15) is 14.4 Å². The number of carbonyl (C=O) groups excluding carboxylic acids is 3. The lowest BCUT2D eigenvalue weighted by Crippen LogP contribution is -2.35. The van der Waals surface area contributed by atoms with Crippen molar-refractivity contribution in [3.05, 3.63) is 71.8 Å². The van der Waals surface area contributed by atoms with Crippen molar-refractivity contribution in [3.63, 3.8) is 0 Å². The lowest BCUT2D eigenvalue weighted by Gasteiger charge is -2.32. The molecule has 2 aromatic carbocycles. The Kier molecular flexibility index (Phi) is 17.4. The maximum absolute atomic E-state index is 12.5. The minimum Gasteiger partial charge on any atom is -0.456 e. The van der Waals surface area contributed by atoms with Gasteiger partial charge in [-0.15, -0.1) is 0 Å². The van der Waals surface area contributed by atoms with E-state index in [1.807, 2.05) is 58.0 Å². The van der Waals surface area contributed by atoms with Gasteiger partial charge < -0.3 is 14.2 Å². The summed E-state index contributed by atoms with van der Waals surface area (Å²) in [6.07, 6.45) is 12.5. The Labute approximate surface area is 266 Å². The highest BCUT2D eigenvalue weighted by molar-refractivity contribution is 5.93. The molecule has 0 heterocycles. The number of hydrogen-bond donors (Lipinski definition) is 0. The van der Waals surface area contributed by atoms with Gasteiger partial charge in [-0.1, -0.05) is 109 Å². The summed E-state index contributed by atoms with van der Waals surface area (Å²) in [7, 11) is 0. The van der Waals surface area contributed by atoms with Gasteiger partial charge in [0.2, 0.25) is 0 Å². The van der Waals surface area contributed by atoms with E-state index in [-0.39, 0.29) is 23.2 Å². The van der Waals surface area contributed by atoms with Gasteiger partial charge in [0.15, 0.2) is 0 Å². The van der Waals surface area contributed by atoms with Gasteiger partial charge in [0.1, 0.15) is 22.5 Å². The van der Waals surface area contributed by atoms with Crippen LogP contribution in [0.3, 0.4) is 0 Å². The molecule has 0 saturated heterocycles. The third-order valence-corrected chi connectivity index (χ3v) is 8.15. The number of benzene rings is 2. The maximum Gasteiger partial charge on any atom is 0.342 e. The number of esters is 3. The van der Waals surface area contributed by atoms with Crippen molar-refractivity contribution in [2.45, 2.75) is 125 Å². The molecule has 0 bridgehead atoms. The standard InChI is InChI=1S/C19H28O4.C19H28O2/c1-6-7-8-11-14(2)19(4,5)23-18(21)16-12-9-10-13-17(16)22-15(3)20;1-5-6-8-11-16(2)19(3,4)21-18(20)15-14-17-12-9-7-10-13-17/h9-10,12-14H,6-8,11H2,1-5H3;7,9-10,12-16H,5-6,8,11H2,1-4H3/b;15-14+. The molecule has 0 saturated carbocycles. The Hall–Kier alpha value is -3.41. The van der Waals surface area contributed by atoms with Crippen LogP contribution in [0.1, 0.15) is 130 Å². The second-order valence-corrected chi connectivity index (χ2v) is 12.6. The summed E-state index contributed by atoms with van der Waals surface area (Å²) in [5.41, 5.74) is 0.278. The van der Waals surface area contributed by atoms with E-state index in [1.54, 1.807) is 30.3 Å². The Morgan fingerprint density at radius 3 is 1.75 bits per heavy atom. The summed E-state index contributed by atoms with van der Waals surface area (Å²) in [5, 5.41) is 0. The largest absolute Gasteiger partial charge is 0.456 e. The van der Waals surface area contributed by atoms with Gasteiger partial charge in [0, 0.05) is 13.0 Å². The number of hydrogen-bond acceptors (Lipinski definition) is 6. The molecule has 2 rings (SSSR count). The van der Waals surface area contributed by atoms with Crippen molar-refractivity contribution < 1.29 is 28.6 Å². The van der Waals surface area contributed by atoms with Crippen LogP contribution in [-0.2, 0) is 19.1 Å². The lowest BCUT2D eigenvalue weighted by atomic mass is 9.88. The molecule has 44 heavy (non-hydrogen) atoms. The zero-order valence-electron chi connectivity index (χ0n) is 28.6. The van der Waals surface area contributed by atoms with Crippen molar-refractivity contribution in [1.29, 1.82) is 0 Å². The van der Waals surface area contributed by atoms with Crippen molar-refractivity contribution in [2.75, 3.05) is 0 Å².